The Kier molecular flexibility index (Phi) is 5.80. The SMILES string of the molecule is O=C(Nc1ccccc1Cl)N(CCO)CC(F)F. The number of nitrogens with zero attached hydrogens (tertiary/aromatic N) is 1. The van der Waals surface area contributed by atoms with Gasteiger partial charge in [-0.1, -0.05) is 23.7 Å². The average Bonchev–Trinajstić information content (AvgIpc) is 2.31. The number of carbonyl (C=O) groups excluding carboxylic acids is 1. The van der Waals surface area contributed by atoms with Crippen LogP contribution in [0.4, 0.5) is 19.3 Å². The van der Waals surface area contributed by atoms with E-state index in [1.807, 2.05) is 0 Å². The number of amides is 2. The molecule has 0 aliphatic carbocycles. The number of hydrogen-bond donors (Lipinski definition) is 2. The van der Waals surface area contributed by atoms with E-state index in [2.05, 4.69) is 5.32 Å². The summed E-state index contributed by atoms with van der Waals surface area (Å²) in [4.78, 5) is 12.5. The Labute approximate surface area is 108 Å². The largest absolute Gasteiger partial charge is 0.395 e. The van der Waals surface area contributed by atoms with Crippen LogP contribution in [0.15, 0.2) is 24.3 Å². The van der Waals surface area contributed by atoms with Crippen molar-refractivity contribution < 1.29 is 18.7 Å². The van der Waals surface area contributed by atoms with E-state index < -0.39 is 19.0 Å². The molecular formula is C11H13ClF2N2O2. The summed E-state index contributed by atoms with van der Waals surface area (Å²) in [6.07, 6.45) is -2.66. The van der Waals surface area contributed by atoms with Gasteiger partial charge in [-0.15, -0.1) is 0 Å². The molecule has 0 aromatic heterocycles. The van der Waals surface area contributed by atoms with Crippen molar-refractivity contribution in [2.75, 3.05) is 25.0 Å². The fraction of sp³-hybridized carbons (Fsp3) is 0.364. The molecule has 1 aromatic carbocycles. The van der Waals surface area contributed by atoms with Crippen LogP contribution in [0, 0.1) is 0 Å². The molecular weight excluding hydrogens is 266 g/mol. The van der Waals surface area contributed by atoms with Gasteiger partial charge in [0.2, 0.25) is 0 Å². The molecule has 0 saturated carbocycles. The number of carbonyl (C=O) groups is 1. The van der Waals surface area contributed by atoms with Gasteiger partial charge in [0.15, 0.2) is 0 Å². The van der Waals surface area contributed by atoms with Gasteiger partial charge >= 0.3 is 6.03 Å². The molecule has 1 aromatic rings. The first-order valence-corrected chi connectivity index (χ1v) is 5.62. The van der Waals surface area contributed by atoms with Crippen LogP contribution < -0.4 is 5.32 Å². The summed E-state index contributed by atoms with van der Waals surface area (Å²) in [7, 11) is 0. The number of aliphatic hydroxyl groups excluding tert-OH is 1. The van der Waals surface area contributed by atoms with E-state index in [0.29, 0.717) is 10.7 Å². The zero-order valence-electron chi connectivity index (χ0n) is 9.44. The maximum Gasteiger partial charge on any atom is 0.322 e. The first-order valence-electron chi connectivity index (χ1n) is 5.24. The zero-order valence-corrected chi connectivity index (χ0v) is 10.2. The summed E-state index contributed by atoms with van der Waals surface area (Å²) in [5, 5.41) is 11.4. The second-order valence-electron chi connectivity index (χ2n) is 3.47. The fourth-order valence-electron chi connectivity index (χ4n) is 1.32. The van der Waals surface area contributed by atoms with Gasteiger partial charge in [-0.3, -0.25) is 0 Å². The quantitative estimate of drug-likeness (QED) is 0.869. The highest BCUT2D eigenvalue weighted by Gasteiger charge is 2.18. The Bertz CT molecular complexity index is 404. The molecule has 1 rings (SSSR count). The number of urea groups is 1. The first-order chi connectivity index (χ1) is 8.54. The summed E-state index contributed by atoms with van der Waals surface area (Å²) in [5.41, 5.74) is 0.335. The third-order valence-corrected chi connectivity index (χ3v) is 2.46. The Morgan fingerprint density at radius 3 is 2.67 bits per heavy atom. The monoisotopic (exact) mass is 278 g/mol. The van der Waals surface area contributed by atoms with Crippen LogP contribution in [-0.4, -0.2) is 42.2 Å². The van der Waals surface area contributed by atoms with Crippen molar-refractivity contribution in [2.45, 2.75) is 6.43 Å². The van der Waals surface area contributed by atoms with Crippen LogP contribution in [0.5, 0.6) is 0 Å². The number of benzene rings is 1. The van der Waals surface area contributed by atoms with E-state index >= 15 is 0 Å². The Hall–Kier alpha value is -1.40. The minimum atomic E-state index is -2.66. The van der Waals surface area contributed by atoms with Gasteiger partial charge in [-0.05, 0) is 12.1 Å². The summed E-state index contributed by atoms with van der Waals surface area (Å²) >= 11 is 5.83. The molecule has 0 bridgehead atoms. The predicted molar refractivity (Wildman–Crippen MR) is 65.1 cm³/mol. The summed E-state index contributed by atoms with van der Waals surface area (Å²) < 4.78 is 24.5. The number of nitrogens with one attached hydrogen (secondary N) is 1. The highest BCUT2D eigenvalue weighted by atomic mass is 35.5. The summed E-state index contributed by atoms with van der Waals surface area (Å²) in [6.45, 7) is -1.29. The summed E-state index contributed by atoms with van der Waals surface area (Å²) in [6, 6.07) is 5.74. The van der Waals surface area contributed by atoms with E-state index in [1.54, 1.807) is 24.3 Å². The molecule has 0 aliphatic heterocycles. The molecule has 0 unspecified atom stereocenters. The van der Waals surface area contributed by atoms with E-state index in [0.717, 1.165) is 4.90 Å². The second-order valence-corrected chi connectivity index (χ2v) is 3.88. The lowest BCUT2D eigenvalue weighted by atomic mass is 10.3. The molecule has 7 heteroatoms. The molecule has 2 N–H and O–H groups in total. The van der Waals surface area contributed by atoms with Gasteiger partial charge in [0.25, 0.3) is 6.43 Å². The first kappa shape index (κ1) is 14.7. The Balaban J connectivity index is 2.69. The lowest BCUT2D eigenvalue weighted by molar-refractivity contribution is 0.0943. The van der Waals surface area contributed by atoms with Gasteiger partial charge in [0.1, 0.15) is 0 Å². The Morgan fingerprint density at radius 1 is 1.44 bits per heavy atom. The molecule has 0 fully saturated rings. The molecule has 4 nitrogen and oxygen atoms in total. The van der Waals surface area contributed by atoms with Crippen molar-refractivity contribution in [1.82, 2.24) is 4.90 Å². The second kappa shape index (κ2) is 7.13. The van der Waals surface area contributed by atoms with Gasteiger partial charge < -0.3 is 15.3 Å². The molecule has 0 saturated heterocycles. The number of aliphatic hydroxyl groups is 1. The van der Waals surface area contributed by atoms with Gasteiger partial charge in [0, 0.05) is 6.54 Å². The van der Waals surface area contributed by atoms with Crippen molar-refractivity contribution in [3.05, 3.63) is 29.3 Å². The van der Waals surface area contributed by atoms with Crippen molar-refractivity contribution in [2.24, 2.45) is 0 Å². The van der Waals surface area contributed by atoms with Crippen LogP contribution >= 0.6 is 11.6 Å². The molecule has 2 amide bonds. The number of hydrogen-bond acceptors (Lipinski definition) is 2. The molecule has 0 radical (unpaired) electrons. The van der Waals surface area contributed by atoms with Gasteiger partial charge in [0.05, 0.1) is 23.9 Å². The standard InChI is InChI=1S/C11H13ClF2N2O2/c12-8-3-1-2-4-9(8)15-11(18)16(5-6-17)7-10(13)14/h1-4,10,17H,5-7H2,(H,15,18). The van der Waals surface area contributed by atoms with Gasteiger partial charge in [-0.2, -0.15) is 0 Å². The maximum absolute atomic E-state index is 12.3. The van der Waals surface area contributed by atoms with Crippen LogP contribution in [-0.2, 0) is 0 Å². The van der Waals surface area contributed by atoms with Crippen LogP contribution in [0.3, 0.4) is 0 Å². The number of anilines is 1. The molecule has 100 valence electrons. The van der Waals surface area contributed by atoms with E-state index in [1.165, 1.54) is 0 Å². The lowest BCUT2D eigenvalue weighted by Crippen LogP contribution is -2.40. The molecule has 0 aliphatic rings. The molecule has 18 heavy (non-hydrogen) atoms. The smallest absolute Gasteiger partial charge is 0.322 e. The normalized spacial score (nSPS) is 10.5. The van der Waals surface area contributed by atoms with Crippen molar-refractivity contribution >= 4 is 23.3 Å². The van der Waals surface area contributed by atoms with Crippen molar-refractivity contribution in [3.8, 4) is 0 Å². The topological polar surface area (TPSA) is 52.6 Å². The van der Waals surface area contributed by atoms with Crippen molar-refractivity contribution in [1.29, 1.82) is 0 Å². The highest BCUT2D eigenvalue weighted by Crippen LogP contribution is 2.20. The molecule has 0 heterocycles. The maximum atomic E-state index is 12.3. The van der Waals surface area contributed by atoms with E-state index in [-0.39, 0.29) is 13.2 Å². The van der Waals surface area contributed by atoms with Crippen LogP contribution in [0.1, 0.15) is 0 Å². The number of para-hydroxylation sites is 1. The lowest BCUT2D eigenvalue weighted by Gasteiger charge is -2.21. The summed E-state index contributed by atoms with van der Waals surface area (Å²) in [5.74, 6) is 0. The van der Waals surface area contributed by atoms with Crippen LogP contribution in [0.2, 0.25) is 5.02 Å². The van der Waals surface area contributed by atoms with Crippen molar-refractivity contribution in [3.63, 3.8) is 0 Å². The third-order valence-electron chi connectivity index (χ3n) is 2.13. The number of rotatable bonds is 5. The minimum absolute atomic E-state index is 0.166. The zero-order chi connectivity index (χ0) is 13.5. The Morgan fingerprint density at radius 2 is 2.11 bits per heavy atom. The third kappa shape index (κ3) is 4.46. The fourth-order valence-corrected chi connectivity index (χ4v) is 1.50. The number of alkyl halides is 2. The average molecular weight is 279 g/mol. The molecule has 0 atom stereocenters. The highest BCUT2D eigenvalue weighted by molar-refractivity contribution is 6.33. The van der Waals surface area contributed by atoms with Crippen LogP contribution in [0.25, 0.3) is 0 Å². The van der Waals surface area contributed by atoms with Gasteiger partial charge in [-0.25, -0.2) is 13.6 Å². The minimum Gasteiger partial charge on any atom is -0.395 e. The van der Waals surface area contributed by atoms with E-state index in [9.17, 15) is 13.6 Å². The molecule has 0 spiro atoms. The number of halogens is 3. The predicted octanol–water partition coefficient (Wildman–Crippen LogP) is 2.43. The van der Waals surface area contributed by atoms with E-state index in [4.69, 9.17) is 16.7 Å².